The molecule has 7 nitrogen and oxygen atoms in total. The molecule has 0 unspecified atom stereocenters. The minimum Gasteiger partial charge on any atom is -0.508 e. The van der Waals surface area contributed by atoms with Crippen molar-refractivity contribution in [1.82, 2.24) is 4.90 Å². The van der Waals surface area contributed by atoms with E-state index in [0.29, 0.717) is 19.3 Å². The van der Waals surface area contributed by atoms with Gasteiger partial charge in [0.25, 0.3) is 0 Å². The number of phenols is 1. The van der Waals surface area contributed by atoms with E-state index >= 15 is 0 Å². The number of hydrogen-bond donors (Lipinski definition) is 4. The quantitative estimate of drug-likeness (QED) is 0.253. The van der Waals surface area contributed by atoms with Crippen molar-refractivity contribution in [3.8, 4) is 5.75 Å². The van der Waals surface area contributed by atoms with E-state index in [9.17, 15) is 14.7 Å². The summed E-state index contributed by atoms with van der Waals surface area (Å²) < 4.78 is 0. The maximum atomic E-state index is 12.7. The summed E-state index contributed by atoms with van der Waals surface area (Å²) in [5.74, 6) is -0.785. The second kappa shape index (κ2) is 10.6. The molecule has 0 aliphatic carbocycles. The number of nitrogens with one attached hydrogen (secondary N) is 1. The number of rotatable bonds is 12. The average molecular weight is 362 g/mol. The van der Waals surface area contributed by atoms with E-state index in [-0.39, 0.29) is 29.8 Å². The summed E-state index contributed by atoms with van der Waals surface area (Å²) in [6.07, 6.45) is 3.19. The van der Waals surface area contributed by atoms with Crippen molar-refractivity contribution in [1.29, 1.82) is 5.41 Å². The van der Waals surface area contributed by atoms with Crippen LogP contribution in [0.15, 0.2) is 24.3 Å². The summed E-state index contributed by atoms with van der Waals surface area (Å²) in [6.45, 7) is 0. The molecule has 26 heavy (non-hydrogen) atoms. The van der Waals surface area contributed by atoms with E-state index in [4.69, 9.17) is 16.9 Å². The van der Waals surface area contributed by atoms with E-state index in [0.717, 1.165) is 18.4 Å². The third-order valence-corrected chi connectivity index (χ3v) is 4.44. The van der Waals surface area contributed by atoms with Crippen LogP contribution in [0.1, 0.15) is 37.7 Å². The molecule has 144 valence electrons. The van der Waals surface area contributed by atoms with Crippen LogP contribution < -0.4 is 11.5 Å². The Hall–Kier alpha value is -2.41. The molecule has 0 fully saturated rings. The lowest BCUT2D eigenvalue weighted by molar-refractivity contribution is -0.129. The second-order valence-corrected chi connectivity index (χ2v) is 6.89. The summed E-state index contributed by atoms with van der Waals surface area (Å²) in [4.78, 5) is 26.4. The first-order valence-corrected chi connectivity index (χ1v) is 8.80. The van der Waals surface area contributed by atoms with Crippen molar-refractivity contribution in [2.75, 3.05) is 14.1 Å². The molecule has 0 saturated carbocycles. The van der Waals surface area contributed by atoms with Gasteiger partial charge in [-0.1, -0.05) is 18.6 Å². The van der Waals surface area contributed by atoms with Crippen molar-refractivity contribution in [3.05, 3.63) is 29.8 Å². The van der Waals surface area contributed by atoms with Gasteiger partial charge in [0, 0.05) is 18.8 Å². The number of nitrogens with zero attached hydrogens (tertiary/aromatic N) is 1. The van der Waals surface area contributed by atoms with Crippen molar-refractivity contribution < 1.29 is 14.7 Å². The number of Topliss-reactive ketones (excluding diaryl/α,β-unsaturated/α-hetero) is 1. The maximum absolute atomic E-state index is 12.7. The van der Waals surface area contributed by atoms with E-state index in [1.54, 1.807) is 24.3 Å². The number of phenolic OH excluding ortho intramolecular Hbond substituents is 1. The molecule has 0 radical (unpaired) electrons. The molecule has 0 aromatic heterocycles. The third-order valence-electron chi connectivity index (χ3n) is 4.44. The topological polar surface area (TPSA) is 134 Å². The number of aromatic hydroxyl groups is 1. The fourth-order valence-electron chi connectivity index (χ4n) is 2.93. The van der Waals surface area contributed by atoms with E-state index < -0.39 is 11.8 Å². The summed E-state index contributed by atoms with van der Waals surface area (Å²) in [5, 5.41) is 16.6. The smallest absolute Gasteiger partial charge is 0.221 e. The van der Waals surface area contributed by atoms with Crippen LogP contribution in [0.2, 0.25) is 0 Å². The predicted octanol–water partition coefficient (Wildman–Crippen LogP) is 1.42. The van der Waals surface area contributed by atoms with Crippen LogP contribution in [0, 0.1) is 11.3 Å². The summed E-state index contributed by atoms with van der Waals surface area (Å²) in [7, 11) is 3.68. The summed E-state index contributed by atoms with van der Waals surface area (Å²) in [5.41, 5.74) is 11.7. The molecule has 1 aromatic rings. The number of carbonyl (C=O) groups excluding carboxylic acids is 2. The fraction of sp³-hybridized carbons (Fsp3) is 0.526. The van der Waals surface area contributed by atoms with Crippen molar-refractivity contribution in [2.24, 2.45) is 17.4 Å². The van der Waals surface area contributed by atoms with Gasteiger partial charge in [0.1, 0.15) is 5.75 Å². The van der Waals surface area contributed by atoms with E-state index in [2.05, 4.69) is 0 Å². The maximum Gasteiger partial charge on any atom is 0.221 e. The zero-order valence-electron chi connectivity index (χ0n) is 15.6. The number of amidine groups is 1. The van der Waals surface area contributed by atoms with Crippen LogP contribution in [0.4, 0.5) is 0 Å². The molecular weight excluding hydrogens is 332 g/mol. The van der Waals surface area contributed by atoms with Crippen LogP contribution in [0.25, 0.3) is 0 Å². The molecule has 1 aromatic carbocycles. The molecule has 7 heteroatoms. The van der Waals surface area contributed by atoms with Gasteiger partial charge in [-0.2, -0.15) is 0 Å². The molecule has 0 spiro atoms. The van der Waals surface area contributed by atoms with Gasteiger partial charge >= 0.3 is 0 Å². The number of amides is 1. The first-order valence-electron chi connectivity index (χ1n) is 8.80. The van der Waals surface area contributed by atoms with Crippen molar-refractivity contribution >= 4 is 17.5 Å². The molecular formula is C19H30N4O3. The molecule has 0 saturated heterocycles. The lowest BCUT2D eigenvalue weighted by Gasteiger charge is -2.24. The largest absolute Gasteiger partial charge is 0.508 e. The van der Waals surface area contributed by atoms with Gasteiger partial charge < -0.3 is 16.6 Å². The lowest BCUT2D eigenvalue weighted by atomic mass is 9.90. The SMILES string of the molecule is CN(C)[C@@H](CCCCC(=N)N)C(=O)C[C@@H](Cc1ccc(O)cc1)C(N)=O. The zero-order valence-corrected chi connectivity index (χ0v) is 15.6. The number of ketones is 1. The van der Waals surface area contributed by atoms with Gasteiger partial charge in [-0.25, -0.2) is 0 Å². The van der Waals surface area contributed by atoms with Gasteiger partial charge in [-0.15, -0.1) is 0 Å². The van der Waals surface area contributed by atoms with Crippen LogP contribution in [0.5, 0.6) is 5.75 Å². The number of benzene rings is 1. The monoisotopic (exact) mass is 362 g/mol. The molecule has 0 heterocycles. The number of nitrogens with two attached hydrogens (primary N) is 2. The Morgan fingerprint density at radius 1 is 1.15 bits per heavy atom. The average Bonchev–Trinajstić information content (AvgIpc) is 2.55. The number of primary amides is 1. The van der Waals surface area contributed by atoms with Crippen LogP contribution >= 0.6 is 0 Å². The van der Waals surface area contributed by atoms with Crippen LogP contribution in [-0.2, 0) is 16.0 Å². The normalized spacial score (nSPS) is 13.3. The van der Waals surface area contributed by atoms with Crippen molar-refractivity contribution in [3.63, 3.8) is 0 Å². The first-order chi connectivity index (χ1) is 12.2. The Balaban J connectivity index is 2.68. The Morgan fingerprint density at radius 2 is 1.77 bits per heavy atom. The van der Waals surface area contributed by atoms with Gasteiger partial charge in [-0.05, 0) is 51.1 Å². The molecule has 2 atom stereocenters. The Bertz CT molecular complexity index is 614. The number of unbranched alkanes of at least 4 members (excludes halogenated alkanes) is 1. The summed E-state index contributed by atoms with van der Waals surface area (Å²) >= 11 is 0. The molecule has 0 aliphatic heterocycles. The number of carbonyl (C=O) groups is 2. The van der Waals surface area contributed by atoms with Gasteiger partial charge in [-0.3, -0.25) is 19.9 Å². The number of hydrogen-bond acceptors (Lipinski definition) is 5. The second-order valence-electron chi connectivity index (χ2n) is 6.89. The fourth-order valence-corrected chi connectivity index (χ4v) is 2.93. The van der Waals surface area contributed by atoms with E-state index in [1.165, 1.54) is 0 Å². The molecule has 0 bridgehead atoms. The first kappa shape index (κ1) is 21.6. The predicted molar refractivity (Wildman–Crippen MR) is 102 cm³/mol. The molecule has 1 amide bonds. The van der Waals surface area contributed by atoms with Gasteiger partial charge in [0.05, 0.1) is 11.9 Å². The van der Waals surface area contributed by atoms with Crippen LogP contribution in [0.3, 0.4) is 0 Å². The van der Waals surface area contributed by atoms with Gasteiger partial charge in [0.2, 0.25) is 5.91 Å². The molecule has 1 rings (SSSR count). The Kier molecular flexibility index (Phi) is 8.78. The highest BCUT2D eigenvalue weighted by molar-refractivity contribution is 5.89. The standard InChI is InChI=1S/C19H30N4O3/c1-23(2)16(5-3-4-6-18(20)21)17(25)12-14(19(22)26)11-13-7-9-15(24)10-8-13/h7-10,14,16,24H,3-6,11-12H2,1-2H3,(H3,20,21)(H2,22,26)/t14-,16+/m1/s1. The Labute approximate surface area is 154 Å². The van der Waals surface area contributed by atoms with E-state index in [1.807, 2.05) is 19.0 Å². The van der Waals surface area contributed by atoms with Crippen LogP contribution in [-0.4, -0.2) is 47.7 Å². The lowest BCUT2D eigenvalue weighted by Crippen LogP contribution is -2.39. The number of likely N-dealkylation sites (N-methyl/N-ethyl adjacent to an activating group) is 1. The Morgan fingerprint density at radius 3 is 2.27 bits per heavy atom. The van der Waals surface area contributed by atoms with Gasteiger partial charge in [0.15, 0.2) is 5.78 Å². The minimum absolute atomic E-state index is 0.0135. The summed E-state index contributed by atoms with van der Waals surface area (Å²) in [6, 6.07) is 6.25. The highest BCUT2D eigenvalue weighted by Crippen LogP contribution is 2.19. The minimum atomic E-state index is -0.577. The zero-order chi connectivity index (χ0) is 19.7. The molecule has 0 aliphatic rings. The highest BCUT2D eigenvalue weighted by atomic mass is 16.3. The van der Waals surface area contributed by atoms with Crippen molar-refractivity contribution in [2.45, 2.75) is 44.6 Å². The highest BCUT2D eigenvalue weighted by Gasteiger charge is 2.26. The molecule has 6 N–H and O–H groups in total. The third kappa shape index (κ3) is 7.65.